The summed E-state index contributed by atoms with van der Waals surface area (Å²) in [4.78, 5) is 0. The monoisotopic (exact) mass is 470 g/mol. The molecule has 0 bridgehead atoms. The van der Waals surface area contributed by atoms with Gasteiger partial charge in [-0.05, 0) is 116 Å². The summed E-state index contributed by atoms with van der Waals surface area (Å²) in [6, 6.07) is 11.9. The molecule has 0 saturated carbocycles. The van der Waals surface area contributed by atoms with Crippen molar-refractivity contribution in [1.82, 2.24) is 5.32 Å². The molecule has 3 heteroatoms. The van der Waals surface area contributed by atoms with Crippen molar-refractivity contribution in [3.8, 4) is 0 Å². The van der Waals surface area contributed by atoms with E-state index in [-0.39, 0.29) is 5.82 Å². The molecule has 1 aliphatic carbocycles. The third kappa shape index (κ3) is 7.14. The van der Waals surface area contributed by atoms with E-state index in [1.54, 1.807) is 12.1 Å². The molecule has 0 heterocycles. The minimum absolute atomic E-state index is 0.192. The fourth-order valence-corrected chi connectivity index (χ4v) is 4.64. The molecule has 2 N–H and O–H groups in total. The van der Waals surface area contributed by atoms with E-state index in [0.717, 1.165) is 49.8 Å². The van der Waals surface area contributed by atoms with Crippen LogP contribution in [0.4, 0.5) is 4.39 Å². The summed E-state index contributed by atoms with van der Waals surface area (Å²) in [5.41, 5.74) is 11.1. The predicted octanol–water partition coefficient (Wildman–Crippen LogP) is 8.51. The first-order valence-electron chi connectivity index (χ1n) is 12.8. The van der Waals surface area contributed by atoms with E-state index in [1.165, 1.54) is 39.0 Å². The van der Waals surface area contributed by atoms with Gasteiger partial charge in [-0.15, -0.1) is 0 Å². The maximum atomic E-state index is 13.8. The molecule has 2 aromatic rings. The van der Waals surface area contributed by atoms with Crippen LogP contribution in [0.3, 0.4) is 0 Å². The number of benzene rings is 2. The third-order valence-corrected chi connectivity index (χ3v) is 6.77. The number of allylic oxidation sites excluding steroid dienone is 7. The van der Waals surface area contributed by atoms with E-state index in [0.29, 0.717) is 5.84 Å². The van der Waals surface area contributed by atoms with Gasteiger partial charge in [0.15, 0.2) is 0 Å². The molecule has 0 atom stereocenters. The van der Waals surface area contributed by atoms with Gasteiger partial charge in [0.25, 0.3) is 0 Å². The molecule has 0 aromatic heterocycles. The van der Waals surface area contributed by atoms with E-state index < -0.39 is 0 Å². The highest BCUT2D eigenvalue weighted by Crippen LogP contribution is 2.37. The second-order valence-corrected chi connectivity index (χ2v) is 9.48. The summed E-state index contributed by atoms with van der Waals surface area (Å²) >= 11 is 0. The summed E-state index contributed by atoms with van der Waals surface area (Å²) in [7, 11) is 0. The molecule has 0 saturated heterocycles. The maximum Gasteiger partial charge on any atom is 0.123 e. The molecule has 0 spiro atoms. The molecule has 3 rings (SSSR count). The molecule has 0 radical (unpaired) electrons. The number of rotatable bonds is 9. The Morgan fingerprint density at radius 1 is 1.00 bits per heavy atom. The van der Waals surface area contributed by atoms with Crippen molar-refractivity contribution in [2.24, 2.45) is 0 Å². The lowest BCUT2D eigenvalue weighted by molar-refractivity contribution is 0.626. The van der Waals surface area contributed by atoms with Gasteiger partial charge in [0.2, 0.25) is 0 Å². The topological polar surface area (TPSA) is 35.9 Å². The van der Waals surface area contributed by atoms with Crippen LogP contribution in [0.1, 0.15) is 74.3 Å². The highest BCUT2D eigenvalue weighted by Gasteiger charge is 2.16. The van der Waals surface area contributed by atoms with E-state index in [2.05, 4.69) is 69.4 Å². The van der Waals surface area contributed by atoms with Gasteiger partial charge in [0.05, 0.1) is 0 Å². The van der Waals surface area contributed by atoms with Crippen LogP contribution >= 0.6 is 0 Å². The van der Waals surface area contributed by atoms with Crippen molar-refractivity contribution in [1.29, 1.82) is 5.41 Å². The number of halogens is 1. The molecule has 0 fully saturated rings. The Labute approximate surface area is 210 Å². The Balaban J connectivity index is 1.94. The highest BCUT2D eigenvalue weighted by molar-refractivity contribution is 5.92. The number of aryl methyl sites for hydroxylation is 3. The summed E-state index contributed by atoms with van der Waals surface area (Å²) < 4.78 is 13.8. The highest BCUT2D eigenvalue weighted by atomic mass is 19.1. The molecule has 2 aromatic carbocycles. The fraction of sp³-hybridized carbons (Fsp3) is 0.344. The van der Waals surface area contributed by atoms with Crippen molar-refractivity contribution >= 4 is 17.0 Å². The lowest BCUT2D eigenvalue weighted by Crippen LogP contribution is -2.20. The van der Waals surface area contributed by atoms with Gasteiger partial charge in [-0.2, -0.15) is 0 Å². The largest absolute Gasteiger partial charge is 0.371 e. The quantitative estimate of drug-likeness (QED) is 0.215. The van der Waals surface area contributed by atoms with Gasteiger partial charge in [0.1, 0.15) is 11.7 Å². The maximum absolute atomic E-state index is 13.8. The molecular weight excluding hydrogens is 431 g/mol. The minimum Gasteiger partial charge on any atom is -0.371 e. The summed E-state index contributed by atoms with van der Waals surface area (Å²) in [6.07, 6.45) is 13.2. The summed E-state index contributed by atoms with van der Waals surface area (Å²) in [5, 5.41) is 11.1. The van der Waals surface area contributed by atoms with Crippen LogP contribution in [-0.2, 0) is 6.42 Å². The number of nitrogens with one attached hydrogen (secondary N) is 2. The Bertz CT molecular complexity index is 1190. The Kier molecular flexibility index (Phi) is 9.42. The van der Waals surface area contributed by atoms with E-state index in [1.807, 2.05) is 19.1 Å². The van der Waals surface area contributed by atoms with Crippen molar-refractivity contribution in [3.63, 3.8) is 0 Å². The van der Waals surface area contributed by atoms with Crippen molar-refractivity contribution in [3.05, 3.63) is 105 Å². The van der Waals surface area contributed by atoms with Gasteiger partial charge in [-0.1, -0.05) is 61.9 Å². The van der Waals surface area contributed by atoms with Crippen LogP contribution in [0.25, 0.3) is 11.1 Å². The van der Waals surface area contributed by atoms with Crippen LogP contribution in [0, 0.1) is 25.1 Å². The minimum atomic E-state index is -0.192. The number of amidine groups is 1. The fourth-order valence-electron chi connectivity index (χ4n) is 4.64. The first-order chi connectivity index (χ1) is 16.8. The molecule has 0 aliphatic heterocycles. The average Bonchev–Trinajstić information content (AvgIpc) is 2.85. The van der Waals surface area contributed by atoms with Gasteiger partial charge < -0.3 is 5.32 Å². The Hall–Kier alpha value is -3.20. The predicted molar refractivity (Wildman–Crippen MR) is 149 cm³/mol. The third-order valence-electron chi connectivity index (χ3n) is 6.77. The van der Waals surface area contributed by atoms with Gasteiger partial charge in [0, 0.05) is 6.54 Å². The number of hydrogen-bond donors (Lipinski definition) is 2. The van der Waals surface area contributed by atoms with E-state index in [4.69, 9.17) is 5.41 Å². The zero-order valence-corrected chi connectivity index (χ0v) is 21.9. The molecule has 184 valence electrons. The van der Waals surface area contributed by atoms with Crippen LogP contribution in [0.2, 0.25) is 0 Å². The molecule has 1 aliphatic rings. The van der Waals surface area contributed by atoms with Crippen molar-refractivity contribution in [2.45, 2.75) is 66.7 Å². The molecule has 35 heavy (non-hydrogen) atoms. The SMILES string of the molecule is CCCNC(=N)/C=C/C1=CC=C(C/C(=C(/C)c2ccc(F)cc2C)c2ccc(CC)cc2C)CC1. The number of hydrogen-bond acceptors (Lipinski definition) is 1. The first-order valence-corrected chi connectivity index (χ1v) is 12.8. The van der Waals surface area contributed by atoms with Gasteiger partial charge >= 0.3 is 0 Å². The van der Waals surface area contributed by atoms with Crippen LogP contribution < -0.4 is 5.32 Å². The molecule has 0 amide bonds. The molecule has 0 unspecified atom stereocenters. The standard InChI is InChI=1S/C32H39FN2/c1-6-18-35-32(34)17-13-26-8-10-27(11-9-26)21-31(30-15-12-25(7-2)19-22(30)3)24(5)29-16-14-28(33)20-23(29)4/h8,10,12-17,19-20H,6-7,9,11,18,21H2,1-5H3,(H2,34,35)/b17-13+,31-24+. The van der Waals surface area contributed by atoms with Gasteiger partial charge in [-0.3, -0.25) is 5.41 Å². The van der Waals surface area contributed by atoms with Crippen molar-refractivity contribution < 1.29 is 4.39 Å². The molecule has 2 nitrogen and oxygen atoms in total. The first kappa shape index (κ1) is 26.4. The van der Waals surface area contributed by atoms with Crippen LogP contribution in [-0.4, -0.2) is 12.4 Å². The second-order valence-electron chi connectivity index (χ2n) is 9.48. The second kappa shape index (κ2) is 12.5. The Morgan fingerprint density at radius 2 is 1.74 bits per heavy atom. The van der Waals surface area contributed by atoms with Crippen molar-refractivity contribution in [2.75, 3.05) is 6.54 Å². The summed E-state index contributed by atoms with van der Waals surface area (Å²) in [6.45, 7) is 11.5. The smallest absolute Gasteiger partial charge is 0.123 e. The average molecular weight is 471 g/mol. The van der Waals surface area contributed by atoms with Gasteiger partial charge in [-0.25, -0.2) is 4.39 Å². The van der Waals surface area contributed by atoms with Crippen LogP contribution in [0.15, 0.2) is 71.8 Å². The van der Waals surface area contributed by atoms with E-state index in [9.17, 15) is 4.39 Å². The zero-order valence-electron chi connectivity index (χ0n) is 21.9. The normalized spacial score (nSPS) is 14.5. The summed E-state index contributed by atoms with van der Waals surface area (Å²) in [5.74, 6) is 0.270. The van der Waals surface area contributed by atoms with E-state index >= 15 is 0 Å². The zero-order chi connectivity index (χ0) is 25.4. The lowest BCUT2D eigenvalue weighted by atomic mass is 9.84. The lowest BCUT2D eigenvalue weighted by Gasteiger charge is -2.21. The Morgan fingerprint density at radius 3 is 2.37 bits per heavy atom. The van der Waals surface area contributed by atoms with Crippen LogP contribution in [0.5, 0.6) is 0 Å². The molecular formula is C32H39FN2.